The van der Waals surface area contributed by atoms with Gasteiger partial charge in [0.25, 0.3) is 5.91 Å². The number of thiocarbonyl (C=S) groups is 1. The van der Waals surface area contributed by atoms with Gasteiger partial charge in [-0.2, -0.15) is 0 Å². The maximum Gasteiger partial charge on any atom is 0.257 e. The van der Waals surface area contributed by atoms with Gasteiger partial charge in [0.15, 0.2) is 0 Å². The third kappa shape index (κ3) is 2.79. The topological polar surface area (TPSA) is 62.7 Å². The molecule has 0 atom stereocenters. The van der Waals surface area contributed by atoms with Crippen LogP contribution < -0.4 is 5.73 Å². The Morgan fingerprint density at radius 3 is 2.47 bits per heavy atom. The van der Waals surface area contributed by atoms with Gasteiger partial charge in [-0.05, 0) is 19.9 Å². The monoisotopic (exact) mass is 281 g/mol. The zero-order valence-corrected chi connectivity index (χ0v) is 12.1. The molecule has 1 aliphatic rings. The Kier molecular flexibility index (Phi) is 3.91. The largest absolute Gasteiger partial charge is 0.472 e. The van der Waals surface area contributed by atoms with Gasteiger partial charge in [-0.3, -0.25) is 9.69 Å². The number of nitrogens with two attached hydrogens (primary N) is 1. The molecule has 0 spiro atoms. The predicted molar refractivity (Wildman–Crippen MR) is 77.0 cm³/mol. The number of carbonyl (C=O) groups excluding carboxylic acids is 1. The van der Waals surface area contributed by atoms with E-state index in [1.54, 1.807) is 6.07 Å². The zero-order valence-electron chi connectivity index (χ0n) is 11.3. The number of nitrogens with zero attached hydrogens (tertiary/aromatic N) is 2. The van der Waals surface area contributed by atoms with Crippen molar-refractivity contribution in [1.29, 1.82) is 0 Å². The van der Waals surface area contributed by atoms with Crippen molar-refractivity contribution in [3.63, 3.8) is 0 Å². The van der Waals surface area contributed by atoms with E-state index in [1.165, 1.54) is 12.5 Å². The lowest BCUT2D eigenvalue weighted by molar-refractivity contribution is 0.0539. The van der Waals surface area contributed by atoms with Crippen LogP contribution in [0.1, 0.15) is 24.2 Å². The van der Waals surface area contributed by atoms with Gasteiger partial charge in [-0.15, -0.1) is 0 Å². The van der Waals surface area contributed by atoms with Crippen molar-refractivity contribution in [3.8, 4) is 0 Å². The van der Waals surface area contributed by atoms with Crippen LogP contribution in [0.5, 0.6) is 0 Å². The van der Waals surface area contributed by atoms with Gasteiger partial charge in [0.05, 0.1) is 22.4 Å². The molecule has 5 nitrogen and oxygen atoms in total. The Morgan fingerprint density at radius 1 is 1.37 bits per heavy atom. The van der Waals surface area contributed by atoms with Crippen molar-refractivity contribution in [1.82, 2.24) is 9.80 Å². The zero-order chi connectivity index (χ0) is 14.0. The van der Waals surface area contributed by atoms with Crippen LogP contribution in [0.2, 0.25) is 0 Å². The van der Waals surface area contributed by atoms with Crippen molar-refractivity contribution in [2.75, 3.05) is 26.2 Å². The van der Waals surface area contributed by atoms with Gasteiger partial charge in [0, 0.05) is 26.2 Å². The molecule has 0 saturated carbocycles. The van der Waals surface area contributed by atoms with Gasteiger partial charge in [-0.1, -0.05) is 12.2 Å². The lowest BCUT2D eigenvalue weighted by Crippen LogP contribution is -2.59. The van der Waals surface area contributed by atoms with E-state index < -0.39 is 0 Å². The Balaban J connectivity index is 1.96. The maximum absolute atomic E-state index is 12.1. The first kappa shape index (κ1) is 14.0. The minimum absolute atomic E-state index is 0.0153. The van der Waals surface area contributed by atoms with Crippen LogP contribution in [0.3, 0.4) is 0 Å². The van der Waals surface area contributed by atoms with Crippen LogP contribution >= 0.6 is 12.2 Å². The maximum atomic E-state index is 12.1. The number of amides is 1. The summed E-state index contributed by atoms with van der Waals surface area (Å²) in [5.74, 6) is 0.0153. The SMILES string of the molecule is CC(C)(C(N)=S)N1CCN(C(=O)c2ccoc2)CC1. The van der Waals surface area contributed by atoms with Crippen molar-refractivity contribution < 1.29 is 9.21 Å². The molecule has 1 saturated heterocycles. The summed E-state index contributed by atoms with van der Waals surface area (Å²) in [5, 5.41) is 0. The van der Waals surface area contributed by atoms with Crippen LogP contribution in [0.25, 0.3) is 0 Å². The second-order valence-electron chi connectivity index (χ2n) is 5.21. The average molecular weight is 281 g/mol. The molecule has 1 amide bonds. The summed E-state index contributed by atoms with van der Waals surface area (Å²) < 4.78 is 4.94. The lowest BCUT2D eigenvalue weighted by atomic mass is 10.0. The first-order valence-corrected chi connectivity index (χ1v) is 6.70. The van der Waals surface area contributed by atoms with E-state index in [-0.39, 0.29) is 11.4 Å². The standard InChI is InChI=1S/C13H19N3O2S/c1-13(2,12(14)19)16-6-4-15(5-7-16)11(17)10-3-8-18-9-10/h3,8-9H,4-7H2,1-2H3,(H2,14,19). The highest BCUT2D eigenvalue weighted by Crippen LogP contribution is 2.18. The molecule has 1 aromatic heterocycles. The van der Waals surface area contributed by atoms with Gasteiger partial charge in [-0.25, -0.2) is 0 Å². The second kappa shape index (κ2) is 5.30. The number of rotatable bonds is 3. The predicted octanol–water partition coefficient (Wildman–Crippen LogP) is 1.10. The first-order chi connectivity index (χ1) is 8.93. The average Bonchev–Trinajstić information content (AvgIpc) is 2.91. The quantitative estimate of drug-likeness (QED) is 0.841. The molecule has 1 aromatic rings. The number of furan rings is 1. The van der Waals surface area contributed by atoms with Gasteiger partial charge >= 0.3 is 0 Å². The smallest absolute Gasteiger partial charge is 0.257 e. The molecule has 0 aromatic carbocycles. The fourth-order valence-corrected chi connectivity index (χ4v) is 2.32. The van der Waals surface area contributed by atoms with E-state index in [0.29, 0.717) is 23.6 Å². The summed E-state index contributed by atoms with van der Waals surface area (Å²) in [5.41, 5.74) is 6.06. The lowest BCUT2D eigenvalue weighted by Gasteiger charge is -2.43. The van der Waals surface area contributed by atoms with Crippen molar-refractivity contribution in [2.45, 2.75) is 19.4 Å². The first-order valence-electron chi connectivity index (χ1n) is 6.29. The Bertz CT molecular complexity index is 462. The summed E-state index contributed by atoms with van der Waals surface area (Å²) in [6.45, 7) is 6.93. The van der Waals surface area contributed by atoms with E-state index in [0.717, 1.165) is 13.1 Å². The molecule has 0 unspecified atom stereocenters. The number of piperazine rings is 1. The summed E-state index contributed by atoms with van der Waals surface area (Å²) in [7, 11) is 0. The van der Waals surface area contributed by atoms with Crippen molar-refractivity contribution >= 4 is 23.1 Å². The number of hydrogen-bond acceptors (Lipinski definition) is 4. The van der Waals surface area contributed by atoms with E-state index in [2.05, 4.69) is 4.90 Å². The summed E-state index contributed by atoms with van der Waals surface area (Å²) in [4.78, 5) is 16.7. The highest BCUT2D eigenvalue weighted by Gasteiger charge is 2.33. The Morgan fingerprint density at radius 2 is 2.00 bits per heavy atom. The molecule has 0 bridgehead atoms. The van der Waals surface area contributed by atoms with Crippen LogP contribution in [0, 0.1) is 0 Å². The van der Waals surface area contributed by atoms with Crippen LogP contribution in [-0.4, -0.2) is 52.4 Å². The van der Waals surface area contributed by atoms with Gasteiger partial charge < -0.3 is 15.1 Å². The third-order valence-corrected chi connectivity index (χ3v) is 4.23. The normalized spacial score (nSPS) is 17.5. The number of carbonyl (C=O) groups is 1. The van der Waals surface area contributed by atoms with Crippen molar-refractivity contribution in [2.24, 2.45) is 5.73 Å². The van der Waals surface area contributed by atoms with E-state index in [9.17, 15) is 4.79 Å². The molecule has 0 aliphatic carbocycles. The molecule has 1 aliphatic heterocycles. The summed E-state index contributed by atoms with van der Waals surface area (Å²) >= 11 is 5.10. The highest BCUT2D eigenvalue weighted by molar-refractivity contribution is 7.80. The summed E-state index contributed by atoms with van der Waals surface area (Å²) in [6, 6.07) is 1.69. The Hall–Kier alpha value is -1.40. The second-order valence-corrected chi connectivity index (χ2v) is 5.65. The van der Waals surface area contributed by atoms with E-state index >= 15 is 0 Å². The number of hydrogen-bond donors (Lipinski definition) is 1. The van der Waals surface area contributed by atoms with Crippen LogP contribution in [0.4, 0.5) is 0 Å². The third-order valence-electron chi connectivity index (χ3n) is 3.73. The molecule has 2 rings (SSSR count). The minimum Gasteiger partial charge on any atom is -0.472 e. The molecule has 19 heavy (non-hydrogen) atoms. The van der Waals surface area contributed by atoms with E-state index in [1.807, 2.05) is 18.7 Å². The molecule has 2 N–H and O–H groups in total. The fourth-order valence-electron chi connectivity index (χ4n) is 2.19. The van der Waals surface area contributed by atoms with Crippen LogP contribution in [0.15, 0.2) is 23.0 Å². The Labute approximate surface area is 118 Å². The molecular formula is C13H19N3O2S. The van der Waals surface area contributed by atoms with Crippen LogP contribution in [-0.2, 0) is 0 Å². The van der Waals surface area contributed by atoms with E-state index in [4.69, 9.17) is 22.4 Å². The van der Waals surface area contributed by atoms with Crippen molar-refractivity contribution in [3.05, 3.63) is 24.2 Å². The minimum atomic E-state index is -0.305. The van der Waals surface area contributed by atoms with Gasteiger partial charge in [0.1, 0.15) is 6.26 Å². The molecule has 2 heterocycles. The molecule has 0 radical (unpaired) electrons. The molecular weight excluding hydrogens is 262 g/mol. The molecule has 6 heteroatoms. The summed E-state index contributed by atoms with van der Waals surface area (Å²) in [6.07, 6.45) is 2.99. The molecule has 1 fully saturated rings. The van der Waals surface area contributed by atoms with Gasteiger partial charge in [0.2, 0.25) is 0 Å². The fraction of sp³-hybridized carbons (Fsp3) is 0.538. The highest BCUT2D eigenvalue weighted by atomic mass is 32.1. The molecule has 104 valence electrons.